The first-order valence-electron chi connectivity index (χ1n) is 3.99. The van der Waals surface area contributed by atoms with Gasteiger partial charge in [-0.05, 0) is 18.1 Å². The highest BCUT2D eigenvalue weighted by molar-refractivity contribution is 5.49. The molecule has 0 amide bonds. The Balaban J connectivity index is 2.92. The van der Waals surface area contributed by atoms with Crippen molar-refractivity contribution in [1.29, 1.82) is 0 Å². The van der Waals surface area contributed by atoms with E-state index in [1.165, 1.54) is 0 Å². The number of anilines is 1. The maximum Gasteiger partial charge on any atom is 0.101 e. The molecule has 12 heavy (non-hydrogen) atoms. The van der Waals surface area contributed by atoms with Gasteiger partial charge in [0, 0.05) is 0 Å². The van der Waals surface area contributed by atoms with Gasteiger partial charge in [0.05, 0.1) is 0 Å². The number of rotatable bonds is 3. The van der Waals surface area contributed by atoms with Gasteiger partial charge in [-0.15, -0.1) is 0 Å². The molecule has 0 aliphatic rings. The smallest absolute Gasteiger partial charge is 0.101 e. The molecule has 3 heteroatoms. The van der Waals surface area contributed by atoms with Crippen LogP contribution in [0.1, 0.15) is 18.9 Å². The average Bonchev–Trinajstić information content (AvgIpc) is 2.05. The summed E-state index contributed by atoms with van der Waals surface area (Å²) in [6.45, 7) is 2.03. The highest BCUT2D eigenvalue weighted by atomic mass is 16.8. The Labute approximate surface area is 71.8 Å². The molecule has 0 fully saturated rings. The van der Waals surface area contributed by atoms with Crippen LogP contribution in [0.3, 0.4) is 0 Å². The van der Waals surface area contributed by atoms with E-state index in [4.69, 9.17) is 5.21 Å². The van der Waals surface area contributed by atoms with E-state index in [1.807, 2.05) is 19.1 Å². The van der Waals surface area contributed by atoms with Crippen molar-refractivity contribution in [3.63, 3.8) is 0 Å². The quantitative estimate of drug-likeness (QED) is 0.699. The number of hydrogen-bond acceptors (Lipinski definition) is 2. The second-order valence-corrected chi connectivity index (χ2v) is 2.65. The van der Waals surface area contributed by atoms with E-state index in [-0.39, 0.29) is 5.23 Å². The van der Waals surface area contributed by atoms with Gasteiger partial charge >= 0.3 is 0 Å². The Morgan fingerprint density at radius 2 is 2.08 bits per heavy atom. The molecule has 3 nitrogen and oxygen atoms in total. The van der Waals surface area contributed by atoms with Crippen LogP contribution < -0.4 is 5.23 Å². The Morgan fingerprint density at radius 1 is 1.42 bits per heavy atom. The Kier molecular flexibility index (Phi) is 3.08. The fourth-order valence-electron chi connectivity index (χ4n) is 1.18. The summed E-state index contributed by atoms with van der Waals surface area (Å²) in [6, 6.07) is 7.05. The van der Waals surface area contributed by atoms with Crippen molar-refractivity contribution in [3.8, 4) is 0 Å². The molecule has 0 bridgehead atoms. The molecule has 1 aromatic carbocycles. The minimum absolute atomic E-state index is 0.0784. The second-order valence-electron chi connectivity index (χ2n) is 2.65. The lowest BCUT2D eigenvalue weighted by atomic mass is 10.1. The van der Waals surface area contributed by atoms with Gasteiger partial charge in [-0.3, -0.25) is 5.21 Å². The van der Waals surface area contributed by atoms with Crippen LogP contribution in [0.25, 0.3) is 0 Å². The molecule has 65 valence electrons. The normalized spacial score (nSPS) is 9.92. The van der Waals surface area contributed by atoms with Crippen LogP contribution in [0.2, 0.25) is 0 Å². The molecule has 0 aromatic heterocycles. The third kappa shape index (κ3) is 1.96. The number of hydrogen-bond donors (Lipinski definition) is 1. The van der Waals surface area contributed by atoms with E-state index in [0.29, 0.717) is 5.69 Å². The zero-order chi connectivity index (χ0) is 8.97. The van der Waals surface area contributed by atoms with Crippen LogP contribution in [0.5, 0.6) is 0 Å². The summed E-state index contributed by atoms with van der Waals surface area (Å²) in [7, 11) is 0. The van der Waals surface area contributed by atoms with Crippen molar-refractivity contribution < 1.29 is 10.4 Å². The van der Waals surface area contributed by atoms with Gasteiger partial charge in [0.2, 0.25) is 0 Å². The maximum absolute atomic E-state index is 10.6. The molecule has 0 aliphatic carbocycles. The van der Waals surface area contributed by atoms with Gasteiger partial charge in [-0.2, -0.15) is 0 Å². The maximum atomic E-state index is 10.6. The van der Waals surface area contributed by atoms with Crippen molar-refractivity contribution in [2.75, 3.05) is 5.23 Å². The SMILES string of the molecule is CCCc1ccccc1N([O])O. The Bertz CT molecular complexity index is 248. The van der Waals surface area contributed by atoms with Crippen molar-refractivity contribution >= 4 is 5.69 Å². The van der Waals surface area contributed by atoms with Gasteiger partial charge in [0.25, 0.3) is 0 Å². The molecule has 0 spiro atoms. The van der Waals surface area contributed by atoms with Gasteiger partial charge in [0.1, 0.15) is 5.69 Å². The highest BCUT2D eigenvalue weighted by Crippen LogP contribution is 2.18. The molecular weight excluding hydrogens is 154 g/mol. The van der Waals surface area contributed by atoms with Crippen molar-refractivity contribution in [1.82, 2.24) is 0 Å². The third-order valence-electron chi connectivity index (χ3n) is 1.72. The van der Waals surface area contributed by atoms with Crippen LogP contribution >= 0.6 is 0 Å². The van der Waals surface area contributed by atoms with Gasteiger partial charge in [-0.25, -0.2) is 0 Å². The molecule has 0 unspecified atom stereocenters. The number of para-hydroxylation sites is 1. The van der Waals surface area contributed by atoms with Crippen LogP contribution in [0.15, 0.2) is 24.3 Å². The lowest BCUT2D eigenvalue weighted by Crippen LogP contribution is -2.11. The van der Waals surface area contributed by atoms with Crippen LogP contribution in [0, 0.1) is 0 Å². The summed E-state index contributed by atoms with van der Waals surface area (Å²) >= 11 is 0. The zero-order valence-corrected chi connectivity index (χ0v) is 7.03. The Hall–Kier alpha value is -1.06. The van der Waals surface area contributed by atoms with Crippen LogP contribution in [0.4, 0.5) is 5.69 Å². The molecule has 0 heterocycles. The summed E-state index contributed by atoms with van der Waals surface area (Å²) in [5.74, 6) is 0. The van der Waals surface area contributed by atoms with E-state index < -0.39 is 0 Å². The summed E-state index contributed by atoms with van der Waals surface area (Å²) in [6.07, 6.45) is 1.78. The first kappa shape index (κ1) is 9.03. The third-order valence-corrected chi connectivity index (χ3v) is 1.72. The lowest BCUT2D eigenvalue weighted by molar-refractivity contribution is -0.0272. The minimum Gasteiger partial charge on any atom is -0.261 e. The largest absolute Gasteiger partial charge is 0.261 e. The molecule has 1 N–H and O–H groups in total. The standard InChI is InChI=1S/C9H12NO2/c1-2-5-8-6-3-4-7-9(8)10(11)12/h3-4,6-7,11H,2,5H2,1H3. The topological polar surface area (TPSA) is 43.4 Å². The van der Waals surface area contributed by atoms with Crippen molar-refractivity contribution in [2.45, 2.75) is 19.8 Å². The molecule has 1 aromatic rings. The van der Waals surface area contributed by atoms with Crippen molar-refractivity contribution in [3.05, 3.63) is 29.8 Å². The van der Waals surface area contributed by atoms with E-state index in [0.717, 1.165) is 18.4 Å². The van der Waals surface area contributed by atoms with Gasteiger partial charge in [0.15, 0.2) is 0 Å². The number of aryl methyl sites for hydroxylation is 1. The van der Waals surface area contributed by atoms with Crippen molar-refractivity contribution in [2.24, 2.45) is 0 Å². The van der Waals surface area contributed by atoms with Gasteiger partial charge < -0.3 is 0 Å². The Morgan fingerprint density at radius 3 is 2.67 bits per heavy atom. The number of benzene rings is 1. The fourth-order valence-corrected chi connectivity index (χ4v) is 1.18. The molecule has 1 rings (SSSR count). The van der Waals surface area contributed by atoms with Crippen LogP contribution in [-0.4, -0.2) is 5.21 Å². The molecule has 0 atom stereocenters. The zero-order valence-electron chi connectivity index (χ0n) is 7.03. The average molecular weight is 166 g/mol. The summed E-state index contributed by atoms with van der Waals surface area (Å²) < 4.78 is 0. The second kappa shape index (κ2) is 4.09. The monoisotopic (exact) mass is 166 g/mol. The lowest BCUT2D eigenvalue weighted by Gasteiger charge is -2.09. The fraction of sp³-hybridized carbons (Fsp3) is 0.333. The predicted molar refractivity (Wildman–Crippen MR) is 45.4 cm³/mol. The first-order valence-corrected chi connectivity index (χ1v) is 3.99. The van der Waals surface area contributed by atoms with E-state index in [2.05, 4.69) is 0 Å². The summed E-state index contributed by atoms with van der Waals surface area (Å²) in [5.41, 5.74) is 1.23. The predicted octanol–water partition coefficient (Wildman–Crippen LogP) is 2.18. The highest BCUT2D eigenvalue weighted by Gasteiger charge is 2.05. The first-order chi connectivity index (χ1) is 5.75. The van der Waals surface area contributed by atoms with Crippen LogP contribution in [-0.2, 0) is 11.6 Å². The van der Waals surface area contributed by atoms with Gasteiger partial charge in [-0.1, -0.05) is 42.0 Å². The minimum atomic E-state index is -0.0784. The summed E-state index contributed by atoms with van der Waals surface area (Å²) in [4.78, 5) is 0. The molecule has 0 saturated carbocycles. The number of nitrogens with zero attached hydrogens (tertiary/aromatic N) is 1. The molecular formula is C9H12NO2. The van der Waals surface area contributed by atoms with E-state index >= 15 is 0 Å². The molecule has 0 saturated heterocycles. The summed E-state index contributed by atoms with van der Waals surface area (Å²) in [5, 5.41) is 19.2. The van der Waals surface area contributed by atoms with E-state index in [9.17, 15) is 5.21 Å². The molecule has 0 aliphatic heterocycles. The molecule has 1 radical (unpaired) electrons. The van der Waals surface area contributed by atoms with E-state index in [1.54, 1.807) is 12.1 Å².